The van der Waals surface area contributed by atoms with Crippen LogP contribution in [0, 0.1) is 0 Å². The van der Waals surface area contributed by atoms with Gasteiger partial charge in [-0.3, -0.25) is 67.1 Å². The molecule has 2 heterocycles. The number of hydrogen-bond donors (Lipinski definition) is 13. The molecule has 3 aromatic rings. The number of esters is 3. The third-order valence-corrected chi connectivity index (χ3v) is 21.0. The molecule has 0 saturated heterocycles. The molecule has 2 aromatic carbocycles. The van der Waals surface area contributed by atoms with Gasteiger partial charge in [-0.2, -0.15) is 0 Å². The fourth-order valence-corrected chi connectivity index (χ4v) is 14.4. The quantitative estimate of drug-likeness (QED) is 0.0167. The van der Waals surface area contributed by atoms with Crippen LogP contribution in [0.4, 0.5) is 5.69 Å². The minimum atomic E-state index is -4.76. The first-order valence-electron chi connectivity index (χ1n) is 42.1. The van der Waals surface area contributed by atoms with Crippen LogP contribution in [0.2, 0.25) is 0 Å². The molecule has 123 heavy (non-hydrogen) atoms. The zero-order valence-corrected chi connectivity index (χ0v) is 71.8. The number of amides is 6. The topological polar surface area (TPSA) is 551 Å². The Balaban J connectivity index is 0.907. The summed E-state index contributed by atoms with van der Waals surface area (Å²) in [6.45, 7) is 4.87. The summed E-state index contributed by atoms with van der Waals surface area (Å²) in [6, 6.07) is 10.4. The fraction of sp³-hybridized carbons (Fsp3) is 0.667. The van der Waals surface area contributed by atoms with Crippen molar-refractivity contribution in [1.29, 1.82) is 0 Å². The van der Waals surface area contributed by atoms with Gasteiger partial charge in [-0.05, 0) is 116 Å². The number of carboxylic acids is 4. The van der Waals surface area contributed by atoms with Gasteiger partial charge in [0.15, 0.2) is 0 Å². The number of carboxylic acid groups (broad SMARTS) is 4. The molecule has 6 amide bonds. The number of aliphatic carboxylic acids is 4. The Morgan fingerprint density at radius 3 is 1.77 bits per heavy atom. The van der Waals surface area contributed by atoms with E-state index in [4.69, 9.17) is 42.8 Å². The highest BCUT2D eigenvalue weighted by Gasteiger charge is 2.33. The fourth-order valence-electron chi connectivity index (χ4n) is 13.3. The summed E-state index contributed by atoms with van der Waals surface area (Å²) in [6.07, 6.45) is 7.77. The molecule has 1 aromatic heterocycles. The van der Waals surface area contributed by atoms with E-state index in [0.717, 1.165) is 68.2 Å². The number of carbonyl (C=O) groups is 13. The first-order valence-corrected chi connectivity index (χ1v) is 43.7. The van der Waals surface area contributed by atoms with Crippen LogP contribution in [0.3, 0.4) is 0 Å². The number of fused-ring (bicyclic) bond motifs is 5. The minimum Gasteiger partial charge on any atom is -0.481 e. The van der Waals surface area contributed by atoms with E-state index in [2.05, 4.69) is 47.5 Å². The predicted octanol–water partition coefficient (Wildman–Crippen LogP) is 2.67. The Labute approximate surface area is 716 Å². The van der Waals surface area contributed by atoms with Crippen molar-refractivity contribution < 1.29 is 130 Å². The van der Waals surface area contributed by atoms with E-state index in [1.807, 2.05) is 75.1 Å². The van der Waals surface area contributed by atoms with E-state index >= 15 is 0 Å². The number of carbonyl (C=O) groups excluding carboxylic acids is 9. The number of benzene rings is 2. The highest BCUT2D eigenvalue weighted by Crippen LogP contribution is 2.42. The average Bonchev–Trinajstić information content (AvgIpc) is 1.66. The zero-order valence-electron chi connectivity index (χ0n) is 70.9. The average molecular weight is 1760 g/mol. The second-order valence-electron chi connectivity index (χ2n) is 29.8. The molecule has 1 fully saturated rings. The molecule has 0 bridgehead atoms. The van der Waals surface area contributed by atoms with Crippen molar-refractivity contribution in [2.45, 2.75) is 198 Å². The zero-order chi connectivity index (χ0) is 89.6. The van der Waals surface area contributed by atoms with E-state index in [1.54, 1.807) is 11.9 Å². The van der Waals surface area contributed by atoms with Crippen molar-refractivity contribution in [3.05, 3.63) is 54.1 Å². The smallest absolute Gasteiger partial charge is 0.403 e. The summed E-state index contributed by atoms with van der Waals surface area (Å²) in [5.41, 5.74) is 4.29. The first kappa shape index (κ1) is 104. The lowest BCUT2D eigenvalue weighted by molar-refractivity contribution is -0.151. The number of aryl methyl sites for hydroxylation is 1. The predicted molar refractivity (Wildman–Crippen MR) is 445 cm³/mol. The molecule has 42 heteroatoms. The van der Waals surface area contributed by atoms with Gasteiger partial charge >= 0.3 is 49.5 Å². The van der Waals surface area contributed by atoms with Crippen molar-refractivity contribution >= 4 is 90.7 Å². The third kappa shape index (κ3) is 44.1. The van der Waals surface area contributed by atoms with E-state index in [9.17, 15) is 87.1 Å². The highest BCUT2D eigenvalue weighted by atomic mass is 31.2. The van der Waals surface area contributed by atoms with Crippen molar-refractivity contribution in [3.8, 4) is 22.5 Å². The van der Waals surface area contributed by atoms with Gasteiger partial charge in [-0.1, -0.05) is 73.4 Å². The Bertz CT molecular complexity index is 3840. The number of hydrogen-bond acceptors (Lipinski definition) is 28. The number of rotatable bonds is 62. The molecule has 688 valence electrons. The molecule has 1 saturated carbocycles. The Morgan fingerprint density at radius 1 is 0.528 bits per heavy atom. The standard InChI is InChI=1S/C81H127N14O27P/c1-82-53-75(105)121-59-20-8-5-4-6-9-21-60(23-16-22-59)122-76(106)57-92(2)42-43-93(41-38-83-54-74(104)115-3)56-71(100)85-37-18-40-95-78-61-24-12-11-19-58(61)55-94(66-27-14-13-25-62(66)77(78)89-91-95)72(101)33-32-67(96)86-39-46-117-48-50-119-52-51-118-49-47-116-45-35-68(97)84-36-15-7-10-28-69(98)88-64(80(109)110)29-31-70(99)87-63(79(107)108)26-17-44-120-123(113,114)90-65(81(111)112)30-34-73(102)103/h11-14,19,24-25,27,59-60,63-65,82-83H,4-10,15-18,20-23,26,28-57H2,1-3H3,(H,84,97)(H,85,100)(H,86,96)(H,87,99)(H,88,98)(H,102,103)(H,107,108)(H,109,110)(H,111,112)(H2,90,113,114)/t59-,60+,63+,64-,65?/m1/s1. The van der Waals surface area contributed by atoms with Crippen molar-refractivity contribution in [3.63, 3.8) is 0 Å². The van der Waals surface area contributed by atoms with Crippen molar-refractivity contribution in [2.24, 2.45) is 0 Å². The maximum Gasteiger partial charge on any atom is 0.403 e. The summed E-state index contributed by atoms with van der Waals surface area (Å²) in [7, 11) is 0.101. The highest BCUT2D eigenvalue weighted by molar-refractivity contribution is 7.50. The lowest BCUT2D eigenvalue weighted by Crippen LogP contribution is -2.44. The van der Waals surface area contributed by atoms with Crippen LogP contribution in [-0.4, -0.2) is 310 Å². The lowest BCUT2D eigenvalue weighted by atomic mass is 9.95. The van der Waals surface area contributed by atoms with Crippen LogP contribution in [-0.2, 0) is 118 Å². The van der Waals surface area contributed by atoms with E-state index in [-0.39, 0.29) is 185 Å². The normalized spacial score (nSPS) is 15.4. The number of anilines is 1. The van der Waals surface area contributed by atoms with Gasteiger partial charge in [0.05, 0.1) is 111 Å². The van der Waals surface area contributed by atoms with E-state index in [1.165, 1.54) is 7.11 Å². The van der Waals surface area contributed by atoms with Gasteiger partial charge in [-0.15, -0.1) is 5.10 Å². The van der Waals surface area contributed by atoms with Crippen molar-refractivity contribution in [2.75, 3.05) is 158 Å². The van der Waals surface area contributed by atoms with Gasteiger partial charge in [-0.25, -0.2) is 23.9 Å². The Kier molecular flexibility index (Phi) is 50.8. The molecule has 13 N–H and O–H groups in total. The van der Waals surface area contributed by atoms with E-state index in [0.29, 0.717) is 101 Å². The molecular formula is C81H127N14O27P. The third-order valence-electron chi connectivity index (χ3n) is 19.9. The number of ether oxygens (including phenoxy) is 7. The molecule has 1 aliphatic heterocycles. The van der Waals surface area contributed by atoms with Crippen LogP contribution in [0.25, 0.3) is 22.5 Å². The van der Waals surface area contributed by atoms with Gasteiger partial charge in [0, 0.05) is 102 Å². The summed E-state index contributed by atoms with van der Waals surface area (Å²) in [4.78, 5) is 177. The van der Waals surface area contributed by atoms with Gasteiger partial charge in [0.2, 0.25) is 35.4 Å². The Morgan fingerprint density at radius 2 is 1.11 bits per heavy atom. The molecule has 2 unspecified atom stereocenters. The number of unbranched alkanes of at least 4 members (excludes halogenated alkanes) is 2. The number of likely N-dealkylation sites (N-methyl/N-ethyl adjacent to an activating group) is 2. The SMILES string of the molecule is CNCC(=O)O[C@@H]1CCCCCCC[C@H](OC(=O)CN(C)CCN(CCNCC(=O)OC)CC(=O)NCCCn2nnc3c2-c2ccccc2CN(C(=O)CCC(=O)NCCOCCOCCOCCOCCC(=O)NCCCCCC(=O)N[C@H](CCC(=O)N[C@@H](CCCOP(=O)(O)NC(CCC(=O)O)C(=O)O)C(=O)O)C(=O)O)c2ccccc2-3)CCC1. The second-order valence-corrected chi connectivity index (χ2v) is 31.3. The van der Waals surface area contributed by atoms with Gasteiger partial charge in [0.1, 0.15) is 36.0 Å². The first-order chi connectivity index (χ1) is 59.1. The monoisotopic (exact) mass is 1760 g/mol. The van der Waals surface area contributed by atoms with E-state index < -0.39 is 93.4 Å². The maximum atomic E-state index is 14.2. The van der Waals surface area contributed by atoms with Crippen LogP contribution in [0.5, 0.6) is 0 Å². The van der Waals surface area contributed by atoms with Crippen LogP contribution >= 0.6 is 7.75 Å². The van der Waals surface area contributed by atoms with Gasteiger partial charge in [0.25, 0.3) is 0 Å². The number of aromatic nitrogens is 3. The molecule has 2 aliphatic rings. The maximum absolute atomic E-state index is 14.2. The van der Waals surface area contributed by atoms with Gasteiger partial charge < -0.3 is 101 Å². The van der Waals surface area contributed by atoms with Crippen LogP contribution in [0.15, 0.2) is 48.5 Å². The molecule has 41 nitrogen and oxygen atoms in total. The van der Waals surface area contributed by atoms with Crippen LogP contribution in [0.1, 0.15) is 160 Å². The minimum absolute atomic E-state index is 0.00844. The largest absolute Gasteiger partial charge is 0.481 e. The molecule has 1 aliphatic carbocycles. The number of para-hydroxylation sites is 1. The second kappa shape index (κ2) is 60.1. The number of methoxy groups -OCH3 is 1. The number of nitrogens with one attached hydrogen (secondary N) is 8. The summed E-state index contributed by atoms with van der Waals surface area (Å²) >= 11 is 0. The summed E-state index contributed by atoms with van der Waals surface area (Å²) in [5.74, 6) is -9.35. The summed E-state index contributed by atoms with van der Waals surface area (Å²) < 4.78 is 57.7. The lowest BCUT2D eigenvalue weighted by Gasteiger charge is -2.28. The summed E-state index contributed by atoms with van der Waals surface area (Å²) in [5, 5.41) is 67.4. The molecular weight excluding hydrogens is 1630 g/mol. The Hall–Kier alpha value is -9.52. The van der Waals surface area contributed by atoms with Crippen molar-refractivity contribution in [1.82, 2.24) is 67.1 Å². The molecule has 0 radical (unpaired) electrons. The number of nitrogens with zero attached hydrogens (tertiary/aromatic N) is 6. The van der Waals surface area contributed by atoms with Crippen LogP contribution < -0.4 is 47.2 Å². The molecule has 6 atom stereocenters. The molecule has 5 rings (SSSR count). The molecule has 0 spiro atoms.